The van der Waals surface area contributed by atoms with Gasteiger partial charge < -0.3 is 9.64 Å². The van der Waals surface area contributed by atoms with E-state index in [1.165, 1.54) is 0 Å². The molecule has 1 saturated heterocycles. The van der Waals surface area contributed by atoms with Gasteiger partial charge in [0.1, 0.15) is 5.75 Å². The van der Waals surface area contributed by atoms with E-state index < -0.39 is 0 Å². The van der Waals surface area contributed by atoms with Gasteiger partial charge in [0.2, 0.25) is 0 Å². The number of carbonyl (C=O) groups excluding carboxylic acids is 1. The van der Waals surface area contributed by atoms with Crippen LogP contribution in [0, 0.1) is 0 Å². The van der Waals surface area contributed by atoms with E-state index in [0.717, 1.165) is 25.0 Å². The smallest absolute Gasteiger partial charge is 0.410 e. The van der Waals surface area contributed by atoms with Crippen molar-refractivity contribution in [2.75, 3.05) is 20.2 Å². The fourth-order valence-corrected chi connectivity index (χ4v) is 1.97. The molecule has 1 N–H and O–H groups in total. The molecular formula is C14H18N2O3. The van der Waals surface area contributed by atoms with Crippen LogP contribution in [0.2, 0.25) is 0 Å². The highest BCUT2D eigenvalue weighted by molar-refractivity contribution is 5.71. The van der Waals surface area contributed by atoms with Crippen LogP contribution in [0.1, 0.15) is 12.8 Å². The lowest BCUT2D eigenvalue weighted by Crippen LogP contribution is -2.39. The lowest BCUT2D eigenvalue weighted by atomic mass is 10.1. The van der Waals surface area contributed by atoms with Crippen LogP contribution in [0.15, 0.2) is 42.1 Å². The second kappa shape index (κ2) is 6.80. The van der Waals surface area contributed by atoms with Gasteiger partial charge in [0.05, 0.1) is 7.11 Å². The zero-order chi connectivity index (χ0) is 13.5. The number of para-hydroxylation sites is 1. The maximum atomic E-state index is 12.0. The minimum atomic E-state index is -0.311. The topological polar surface area (TPSA) is 50.8 Å². The second-order valence-corrected chi connectivity index (χ2v) is 4.33. The summed E-state index contributed by atoms with van der Waals surface area (Å²) < 4.78 is 5.31. The Kier molecular flexibility index (Phi) is 4.80. The summed E-state index contributed by atoms with van der Waals surface area (Å²) in [4.78, 5) is 18.5. The Morgan fingerprint density at radius 3 is 2.89 bits per heavy atom. The standard InChI is InChI=1S/C14H18N2O3/c1-18-15-10-12-6-5-9-16(11-12)14(17)19-13-7-3-2-4-8-13/h2-4,7-8,10,15H,5-6,9,11H2,1H3. The molecule has 0 bridgehead atoms. The molecule has 0 aromatic heterocycles. The van der Waals surface area contributed by atoms with Crippen molar-refractivity contribution in [2.45, 2.75) is 12.8 Å². The summed E-state index contributed by atoms with van der Waals surface area (Å²) >= 11 is 0. The molecule has 5 nitrogen and oxygen atoms in total. The first-order valence-corrected chi connectivity index (χ1v) is 6.28. The number of rotatable bonds is 3. The first kappa shape index (κ1) is 13.4. The number of nitrogens with one attached hydrogen (secondary N) is 1. The first-order chi connectivity index (χ1) is 9.29. The molecule has 0 saturated carbocycles. The van der Waals surface area contributed by atoms with E-state index in [-0.39, 0.29) is 6.09 Å². The average molecular weight is 262 g/mol. The highest BCUT2D eigenvalue weighted by Crippen LogP contribution is 2.17. The Morgan fingerprint density at radius 2 is 2.16 bits per heavy atom. The zero-order valence-electron chi connectivity index (χ0n) is 11.0. The molecule has 1 amide bonds. The van der Waals surface area contributed by atoms with Gasteiger partial charge in [-0.1, -0.05) is 18.2 Å². The molecule has 0 unspecified atom stereocenters. The zero-order valence-corrected chi connectivity index (χ0v) is 11.0. The van der Waals surface area contributed by atoms with Crippen LogP contribution in [0.25, 0.3) is 0 Å². The van der Waals surface area contributed by atoms with Gasteiger partial charge >= 0.3 is 6.09 Å². The van der Waals surface area contributed by atoms with Crippen molar-refractivity contribution in [1.82, 2.24) is 10.4 Å². The Labute approximate surface area is 112 Å². The van der Waals surface area contributed by atoms with E-state index in [1.807, 2.05) is 18.2 Å². The molecule has 1 aromatic rings. The summed E-state index contributed by atoms with van der Waals surface area (Å²) in [6, 6.07) is 9.10. The molecule has 5 heteroatoms. The molecule has 102 valence electrons. The second-order valence-electron chi connectivity index (χ2n) is 4.33. The van der Waals surface area contributed by atoms with Crippen molar-refractivity contribution >= 4 is 6.09 Å². The Bertz CT molecular complexity index is 445. The van der Waals surface area contributed by atoms with Crippen LogP contribution in [-0.4, -0.2) is 31.2 Å². The minimum absolute atomic E-state index is 0.311. The van der Waals surface area contributed by atoms with Crippen LogP contribution in [0.3, 0.4) is 0 Å². The van der Waals surface area contributed by atoms with Crippen molar-refractivity contribution < 1.29 is 14.4 Å². The summed E-state index contributed by atoms with van der Waals surface area (Å²) in [5, 5.41) is 0. The van der Waals surface area contributed by atoms with E-state index >= 15 is 0 Å². The third-order valence-corrected chi connectivity index (χ3v) is 2.91. The van der Waals surface area contributed by atoms with Crippen LogP contribution >= 0.6 is 0 Å². The van der Waals surface area contributed by atoms with Crippen LogP contribution in [-0.2, 0) is 4.84 Å². The lowest BCUT2D eigenvalue weighted by Gasteiger charge is -2.27. The van der Waals surface area contributed by atoms with Gasteiger partial charge in [-0.05, 0) is 30.5 Å². The summed E-state index contributed by atoms with van der Waals surface area (Å²) in [6.45, 7) is 1.29. The highest BCUT2D eigenvalue weighted by atomic mass is 16.6. The predicted octanol–water partition coefficient (Wildman–Crippen LogP) is 2.32. The van der Waals surface area contributed by atoms with Gasteiger partial charge in [-0.3, -0.25) is 10.3 Å². The van der Waals surface area contributed by atoms with Crippen molar-refractivity contribution in [2.24, 2.45) is 0 Å². The number of nitrogens with zero attached hydrogens (tertiary/aromatic N) is 1. The predicted molar refractivity (Wildman–Crippen MR) is 71.5 cm³/mol. The Hall–Kier alpha value is -2.01. The van der Waals surface area contributed by atoms with Gasteiger partial charge in [-0.2, -0.15) is 0 Å². The number of likely N-dealkylation sites (tertiary alicyclic amines) is 1. The molecule has 1 heterocycles. The highest BCUT2D eigenvalue weighted by Gasteiger charge is 2.21. The van der Waals surface area contributed by atoms with E-state index in [9.17, 15) is 4.79 Å². The van der Waals surface area contributed by atoms with Gasteiger partial charge in [0, 0.05) is 19.3 Å². The molecule has 0 atom stereocenters. The molecule has 1 aromatic carbocycles. The number of carbonyl (C=O) groups is 1. The van der Waals surface area contributed by atoms with Gasteiger partial charge in [0.15, 0.2) is 0 Å². The molecular weight excluding hydrogens is 244 g/mol. The number of hydroxylamine groups is 1. The molecule has 0 radical (unpaired) electrons. The average Bonchev–Trinajstić information content (AvgIpc) is 2.46. The van der Waals surface area contributed by atoms with Gasteiger partial charge in [0.25, 0.3) is 0 Å². The molecule has 2 rings (SSSR count). The van der Waals surface area contributed by atoms with E-state index in [2.05, 4.69) is 5.48 Å². The number of benzene rings is 1. The third-order valence-electron chi connectivity index (χ3n) is 2.91. The lowest BCUT2D eigenvalue weighted by molar-refractivity contribution is 0.125. The summed E-state index contributed by atoms with van der Waals surface area (Å²) in [7, 11) is 1.56. The van der Waals surface area contributed by atoms with Crippen molar-refractivity contribution in [1.29, 1.82) is 0 Å². The largest absolute Gasteiger partial charge is 0.415 e. The monoisotopic (exact) mass is 262 g/mol. The van der Waals surface area contributed by atoms with E-state index in [0.29, 0.717) is 12.3 Å². The molecule has 1 fully saturated rings. The Morgan fingerprint density at radius 1 is 1.37 bits per heavy atom. The fraction of sp³-hybridized carbons (Fsp3) is 0.357. The third kappa shape index (κ3) is 3.99. The maximum Gasteiger partial charge on any atom is 0.415 e. The van der Waals surface area contributed by atoms with Crippen molar-refractivity contribution in [3.8, 4) is 5.75 Å². The molecule has 1 aliphatic heterocycles. The summed E-state index contributed by atoms with van der Waals surface area (Å²) in [5.74, 6) is 0.568. The summed E-state index contributed by atoms with van der Waals surface area (Å²) in [6.07, 6.45) is 3.38. The Balaban J connectivity index is 1.92. The number of ether oxygens (including phenoxy) is 1. The molecule has 0 aliphatic carbocycles. The number of piperidine rings is 1. The normalized spacial score (nSPS) is 17.3. The molecule has 1 aliphatic rings. The van der Waals surface area contributed by atoms with E-state index in [4.69, 9.17) is 9.57 Å². The van der Waals surface area contributed by atoms with Crippen LogP contribution in [0.5, 0.6) is 5.75 Å². The van der Waals surface area contributed by atoms with Crippen LogP contribution < -0.4 is 10.2 Å². The summed E-state index contributed by atoms with van der Waals surface area (Å²) in [5.41, 5.74) is 3.81. The van der Waals surface area contributed by atoms with E-state index in [1.54, 1.807) is 30.3 Å². The maximum absolute atomic E-state index is 12.0. The van der Waals surface area contributed by atoms with Crippen molar-refractivity contribution in [3.05, 3.63) is 42.1 Å². The fourth-order valence-electron chi connectivity index (χ4n) is 1.97. The first-order valence-electron chi connectivity index (χ1n) is 6.28. The van der Waals surface area contributed by atoms with Gasteiger partial charge in [-0.25, -0.2) is 4.79 Å². The van der Waals surface area contributed by atoms with Gasteiger partial charge in [-0.15, -0.1) is 0 Å². The number of hydrogen-bond donors (Lipinski definition) is 1. The molecule has 0 spiro atoms. The number of hydrogen-bond acceptors (Lipinski definition) is 4. The quantitative estimate of drug-likeness (QED) is 0.849. The van der Waals surface area contributed by atoms with Crippen molar-refractivity contribution in [3.63, 3.8) is 0 Å². The SMILES string of the molecule is CONC=C1CCCN(C(=O)Oc2ccccc2)C1. The minimum Gasteiger partial charge on any atom is -0.410 e. The number of amides is 1. The van der Waals surface area contributed by atoms with Crippen LogP contribution in [0.4, 0.5) is 4.79 Å². The molecule has 19 heavy (non-hydrogen) atoms.